The summed E-state index contributed by atoms with van der Waals surface area (Å²) in [6.45, 7) is 1.89. The topological polar surface area (TPSA) is 155 Å². The standard InChI is InChI=1S/C29H25N3O7S2/c1-3-24(26(34)32-29-31-22(15-40-29)20-9-4-5-10-23(20)39-2)41-18-8-6-7-17(14-18)30-25(33)19-12-11-16(27(35)36)13-21(19)28(37)38/h4-15,24H,3H2,1-2H3,(H,30,33)(H,35,36)(H,37,38)(H,31,32,34). The second-order valence-electron chi connectivity index (χ2n) is 8.59. The number of carbonyl (C=O) groups is 4. The van der Waals surface area contributed by atoms with Crippen molar-refractivity contribution in [3.63, 3.8) is 0 Å². The maximum Gasteiger partial charge on any atom is 0.336 e. The zero-order valence-electron chi connectivity index (χ0n) is 21.9. The highest BCUT2D eigenvalue weighted by Crippen LogP contribution is 2.33. The molecule has 1 unspecified atom stereocenters. The van der Waals surface area contributed by atoms with Crippen LogP contribution in [0.3, 0.4) is 0 Å². The lowest BCUT2D eigenvalue weighted by atomic mass is 10.0. The number of thioether (sulfide) groups is 1. The third-order valence-electron chi connectivity index (χ3n) is 5.89. The molecule has 0 saturated carbocycles. The average Bonchev–Trinajstić information content (AvgIpc) is 3.43. The maximum absolute atomic E-state index is 13.1. The summed E-state index contributed by atoms with van der Waals surface area (Å²) < 4.78 is 5.40. The molecule has 1 atom stereocenters. The molecule has 3 aromatic carbocycles. The lowest BCUT2D eigenvalue weighted by Crippen LogP contribution is -2.24. The summed E-state index contributed by atoms with van der Waals surface area (Å²) in [6.07, 6.45) is 0.524. The highest BCUT2D eigenvalue weighted by molar-refractivity contribution is 8.00. The monoisotopic (exact) mass is 591 g/mol. The number of aromatic carboxylic acids is 2. The average molecular weight is 592 g/mol. The Morgan fingerprint density at radius 1 is 0.951 bits per heavy atom. The Hall–Kier alpha value is -4.68. The highest BCUT2D eigenvalue weighted by Gasteiger charge is 2.22. The molecule has 4 rings (SSSR count). The van der Waals surface area contributed by atoms with Crippen LogP contribution in [-0.4, -0.2) is 51.3 Å². The van der Waals surface area contributed by atoms with Crippen molar-refractivity contribution in [1.82, 2.24) is 4.98 Å². The Morgan fingerprint density at radius 2 is 1.73 bits per heavy atom. The van der Waals surface area contributed by atoms with E-state index in [-0.39, 0.29) is 17.0 Å². The summed E-state index contributed by atoms with van der Waals surface area (Å²) in [5.74, 6) is -2.97. The van der Waals surface area contributed by atoms with Gasteiger partial charge in [0.25, 0.3) is 5.91 Å². The molecule has 4 N–H and O–H groups in total. The van der Waals surface area contributed by atoms with E-state index in [0.29, 0.717) is 33.6 Å². The molecule has 210 valence electrons. The number of nitrogens with zero attached hydrogens (tertiary/aromatic N) is 1. The molecular weight excluding hydrogens is 566 g/mol. The first-order valence-electron chi connectivity index (χ1n) is 12.3. The van der Waals surface area contributed by atoms with Gasteiger partial charge in [-0.3, -0.25) is 9.59 Å². The minimum Gasteiger partial charge on any atom is -0.496 e. The zero-order chi connectivity index (χ0) is 29.5. The summed E-state index contributed by atoms with van der Waals surface area (Å²) in [4.78, 5) is 54.0. The van der Waals surface area contributed by atoms with Crippen molar-refractivity contribution in [3.8, 4) is 17.0 Å². The quantitative estimate of drug-likeness (QED) is 0.154. The van der Waals surface area contributed by atoms with E-state index in [9.17, 15) is 24.3 Å². The first kappa shape index (κ1) is 29.3. The summed E-state index contributed by atoms with van der Waals surface area (Å²) in [5.41, 5.74) is 1.05. The molecule has 1 heterocycles. The number of rotatable bonds is 11. The SMILES string of the molecule is CCC(Sc1cccc(NC(=O)c2ccc(C(=O)O)cc2C(=O)O)c1)C(=O)Nc1nc(-c2ccccc2OC)cs1. The van der Waals surface area contributed by atoms with Crippen LogP contribution >= 0.6 is 23.1 Å². The molecule has 41 heavy (non-hydrogen) atoms. The largest absolute Gasteiger partial charge is 0.496 e. The predicted molar refractivity (Wildman–Crippen MR) is 157 cm³/mol. The van der Waals surface area contributed by atoms with Crippen LogP contribution in [0.1, 0.15) is 44.4 Å². The molecule has 1 aromatic heterocycles. The van der Waals surface area contributed by atoms with Crippen LogP contribution in [0.25, 0.3) is 11.3 Å². The van der Waals surface area contributed by atoms with Crippen LogP contribution in [0.5, 0.6) is 5.75 Å². The number of aromatic nitrogens is 1. The van der Waals surface area contributed by atoms with E-state index in [1.54, 1.807) is 31.4 Å². The minimum atomic E-state index is -1.42. The summed E-state index contributed by atoms with van der Waals surface area (Å²) >= 11 is 2.62. The number of benzene rings is 3. The van der Waals surface area contributed by atoms with E-state index in [0.717, 1.165) is 17.7 Å². The number of carbonyl (C=O) groups excluding carboxylic acids is 2. The lowest BCUT2D eigenvalue weighted by molar-refractivity contribution is -0.115. The molecule has 10 nitrogen and oxygen atoms in total. The zero-order valence-corrected chi connectivity index (χ0v) is 23.5. The smallest absolute Gasteiger partial charge is 0.336 e. The molecular formula is C29H25N3O7S2. The number of anilines is 2. The van der Waals surface area contributed by atoms with E-state index in [4.69, 9.17) is 9.84 Å². The number of thiazole rings is 1. The fourth-order valence-electron chi connectivity index (χ4n) is 3.88. The van der Waals surface area contributed by atoms with Crippen LogP contribution in [0.4, 0.5) is 10.8 Å². The number of amides is 2. The van der Waals surface area contributed by atoms with Crippen molar-refractivity contribution in [1.29, 1.82) is 0 Å². The van der Waals surface area contributed by atoms with Crippen LogP contribution < -0.4 is 15.4 Å². The van der Waals surface area contributed by atoms with Gasteiger partial charge in [-0.25, -0.2) is 14.6 Å². The van der Waals surface area contributed by atoms with Crippen molar-refractivity contribution in [2.75, 3.05) is 17.7 Å². The van der Waals surface area contributed by atoms with Gasteiger partial charge < -0.3 is 25.6 Å². The normalized spacial score (nSPS) is 11.4. The molecule has 0 fully saturated rings. The van der Waals surface area contributed by atoms with E-state index in [1.165, 1.54) is 29.2 Å². The van der Waals surface area contributed by atoms with Crippen molar-refractivity contribution in [3.05, 3.63) is 88.8 Å². The molecule has 0 aliphatic carbocycles. The number of carboxylic acid groups (broad SMARTS) is 2. The van der Waals surface area contributed by atoms with E-state index < -0.39 is 28.7 Å². The van der Waals surface area contributed by atoms with Crippen LogP contribution in [0, 0.1) is 0 Å². The summed E-state index contributed by atoms with van der Waals surface area (Å²) in [7, 11) is 1.59. The highest BCUT2D eigenvalue weighted by atomic mass is 32.2. The van der Waals surface area contributed by atoms with Crippen LogP contribution in [0.2, 0.25) is 0 Å². The van der Waals surface area contributed by atoms with E-state index >= 15 is 0 Å². The number of para-hydroxylation sites is 1. The lowest BCUT2D eigenvalue weighted by Gasteiger charge is -2.15. The number of nitrogens with one attached hydrogen (secondary N) is 2. The first-order chi connectivity index (χ1) is 19.7. The minimum absolute atomic E-state index is 0.178. The van der Waals surface area contributed by atoms with Gasteiger partial charge in [0.15, 0.2) is 5.13 Å². The van der Waals surface area contributed by atoms with Gasteiger partial charge in [0.05, 0.1) is 34.7 Å². The second-order valence-corrected chi connectivity index (χ2v) is 10.7. The summed E-state index contributed by atoms with van der Waals surface area (Å²) in [5, 5.41) is 26.0. The molecule has 4 aromatic rings. The number of ether oxygens (including phenoxy) is 1. The molecule has 0 radical (unpaired) electrons. The Bertz CT molecular complexity index is 1620. The molecule has 0 saturated heterocycles. The van der Waals surface area contributed by atoms with Gasteiger partial charge in [-0.2, -0.15) is 0 Å². The predicted octanol–water partition coefficient (Wildman–Crippen LogP) is 5.98. The Morgan fingerprint density at radius 3 is 2.44 bits per heavy atom. The van der Waals surface area contributed by atoms with E-state index in [1.807, 2.05) is 36.6 Å². The summed E-state index contributed by atoms with van der Waals surface area (Å²) in [6, 6.07) is 17.6. The van der Waals surface area contributed by atoms with Gasteiger partial charge in [0.1, 0.15) is 5.75 Å². The number of hydrogen-bond donors (Lipinski definition) is 4. The Labute approximate surface area is 243 Å². The number of hydrogen-bond acceptors (Lipinski definition) is 8. The van der Waals surface area contributed by atoms with Crippen LogP contribution in [0.15, 0.2) is 77.0 Å². The molecule has 12 heteroatoms. The van der Waals surface area contributed by atoms with Gasteiger partial charge >= 0.3 is 11.9 Å². The molecule has 0 bridgehead atoms. The molecule has 0 aliphatic heterocycles. The van der Waals surface area contributed by atoms with Gasteiger partial charge in [-0.05, 0) is 55.0 Å². The molecule has 2 amide bonds. The van der Waals surface area contributed by atoms with Crippen LogP contribution in [-0.2, 0) is 4.79 Å². The Kier molecular flexibility index (Phi) is 9.37. The van der Waals surface area contributed by atoms with Crippen molar-refractivity contribution in [2.24, 2.45) is 0 Å². The Balaban J connectivity index is 1.44. The van der Waals surface area contributed by atoms with Gasteiger partial charge in [-0.1, -0.05) is 25.1 Å². The second kappa shape index (κ2) is 13.1. The maximum atomic E-state index is 13.1. The van der Waals surface area contributed by atoms with Crippen molar-refractivity contribution < 1.29 is 34.1 Å². The third kappa shape index (κ3) is 7.10. The molecule has 0 aliphatic rings. The van der Waals surface area contributed by atoms with Gasteiger partial charge in [-0.15, -0.1) is 23.1 Å². The third-order valence-corrected chi connectivity index (χ3v) is 8.01. The van der Waals surface area contributed by atoms with Gasteiger partial charge in [0, 0.05) is 21.5 Å². The fraction of sp³-hybridized carbons (Fsp3) is 0.138. The van der Waals surface area contributed by atoms with Crippen molar-refractivity contribution in [2.45, 2.75) is 23.5 Å². The number of carboxylic acids is 2. The number of methoxy groups -OCH3 is 1. The van der Waals surface area contributed by atoms with Crippen molar-refractivity contribution >= 4 is 57.7 Å². The van der Waals surface area contributed by atoms with E-state index in [2.05, 4.69) is 15.6 Å². The molecule has 0 spiro atoms. The first-order valence-corrected chi connectivity index (χ1v) is 14.0. The van der Waals surface area contributed by atoms with Gasteiger partial charge in [0.2, 0.25) is 5.91 Å². The fourth-order valence-corrected chi connectivity index (χ4v) is 5.61.